The number of hydrogen-bond acceptors (Lipinski definition) is 11. The minimum atomic E-state index is -4.99. The number of nitrogens with zero attached hydrogens (tertiary/aromatic N) is 3. The van der Waals surface area contributed by atoms with Gasteiger partial charge in [-0.25, -0.2) is 17.8 Å². The highest BCUT2D eigenvalue weighted by molar-refractivity contribution is 7.91. The molecule has 3 N–H and O–H groups in total. The number of nitrogens with one attached hydrogen (secondary N) is 3. The summed E-state index contributed by atoms with van der Waals surface area (Å²) in [5.41, 5.74) is -1.74. The zero-order chi connectivity index (χ0) is 42.6. The maximum Gasteiger partial charge on any atom is 0.573 e. The first-order valence-electron chi connectivity index (χ1n) is 19.5. The van der Waals surface area contributed by atoms with Crippen molar-refractivity contribution in [1.29, 1.82) is 0 Å². The van der Waals surface area contributed by atoms with Gasteiger partial charge in [-0.3, -0.25) is 23.9 Å². The number of fused-ring (bicyclic) bond motifs is 5. The molecule has 0 radical (unpaired) electrons. The molecule has 5 atom stereocenters. The van der Waals surface area contributed by atoms with Crippen molar-refractivity contribution in [2.75, 3.05) is 6.54 Å². The standard InChI is InChI=1S/C40H40F4N6O9S/c1-38(14-15-38)60(55,56)49-37(54)39-20-22(39)7-5-3-2-4-6-8-30(45-33(51)29-13-16-57-48-29)36(53)50-21-25(19-32(50)34(52)47-39)58-35-28-17-23(41)9-11-26(28)27-12-10-24(18-31(27)46-35)59-40(42,43)44/h5,7,9-13,16-18,22,25,30,32H,2-4,6,8,14-15,19-21H2,1H3,(H,45,51)(H,47,52)(H,49,54)/b7-5-/t22-,25-,30+,32+,39-/m1/s1. The first-order chi connectivity index (χ1) is 28.4. The number of pyridine rings is 1. The molecule has 4 amide bonds. The lowest BCUT2D eigenvalue weighted by molar-refractivity contribution is -0.274. The first-order valence-corrected chi connectivity index (χ1v) is 21.0. The topological polar surface area (TPSA) is 199 Å². The van der Waals surface area contributed by atoms with Gasteiger partial charge < -0.3 is 29.5 Å². The van der Waals surface area contributed by atoms with Gasteiger partial charge in [0, 0.05) is 35.2 Å². The van der Waals surface area contributed by atoms with Gasteiger partial charge in [0.05, 0.1) is 16.8 Å². The van der Waals surface area contributed by atoms with Crippen molar-refractivity contribution >= 4 is 55.3 Å². The predicted octanol–water partition coefficient (Wildman–Crippen LogP) is 4.95. The molecule has 8 rings (SSSR count). The number of allylic oxidation sites excluding steroid dienone is 1. The summed E-state index contributed by atoms with van der Waals surface area (Å²) in [7, 11) is -4.09. The number of benzene rings is 2. The fourth-order valence-electron chi connectivity index (χ4n) is 7.88. The maximum atomic E-state index is 14.7. The third kappa shape index (κ3) is 8.20. The van der Waals surface area contributed by atoms with Crippen LogP contribution in [0.2, 0.25) is 0 Å². The van der Waals surface area contributed by atoms with Crippen molar-refractivity contribution in [3.8, 4) is 11.6 Å². The van der Waals surface area contributed by atoms with Crippen molar-refractivity contribution in [2.45, 2.75) is 99.5 Å². The third-order valence-corrected chi connectivity index (χ3v) is 13.8. The number of alkyl halides is 3. The van der Waals surface area contributed by atoms with E-state index >= 15 is 0 Å². The number of halogens is 4. The summed E-state index contributed by atoms with van der Waals surface area (Å²) >= 11 is 0. The van der Waals surface area contributed by atoms with Crippen LogP contribution in [-0.4, -0.2) is 88.5 Å². The molecule has 4 aliphatic rings. The third-order valence-electron chi connectivity index (χ3n) is 11.7. The Hall–Kier alpha value is -5.79. The molecule has 4 heterocycles. The Balaban J connectivity index is 1.14. The van der Waals surface area contributed by atoms with Gasteiger partial charge in [-0.15, -0.1) is 13.2 Å². The van der Waals surface area contributed by atoms with Crippen LogP contribution >= 0.6 is 0 Å². The Morgan fingerprint density at radius 3 is 2.55 bits per heavy atom. The van der Waals surface area contributed by atoms with Crippen molar-refractivity contribution < 1.29 is 59.2 Å². The second kappa shape index (κ2) is 15.3. The van der Waals surface area contributed by atoms with Gasteiger partial charge >= 0.3 is 6.36 Å². The van der Waals surface area contributed by atoms with Crippen molar-refractivity contribution in [3.05, 3.63) is 72.4 Å². The largest absolute Gasteiger partial charge is 0.573 e. The van der Waals surface area contributed by atoms with Gasteiger partial charge in [0.1, 0.15) is 41.6 Å². The summed E-state index contributed by atoms with van der Waals surface area (Å²) in [5.74, 6) is -5.09. The molecular formula is C40H40F4N6O9S. The predicted molar refractivity (Wildman–Crippen MR) is 204 cm³/mol. The number of amides is 4. The Kier molecular flexibility index (Phi) is 10.5. The van der Waals surface area contributed by atoms with E-state index < -0.39 is 86.0 Å². The summed E-state index contributed by atoms with van der Waals surface area (Å²) in [6, 6.07) is 6.01. The van der Waals surface area contributed by atoms with Crippen LogP contribution in [0.5, 0.6) is 11.6 Å². The molecule has 318 valence electrons. The van der Waals surface area contributed by atoms with Crippen LogP contribution in [0.1, 0.15) is 75.2 Å². The van der Waals surface area contributed by atoms with Crippen LogP contribution in [-0.2, 0) is 24.4 Å². The fraction of sp³-hybridized carbons (Fsp3) is 0.450. The van der Waals surface area contributed by atoms with Gasteiger partial charge in [-0.2, -0.15) is 0 Å². The Labute approximate surface area is 340 Å². The highest BCUT2D eigenvalue weighted by Crippen LogP contribution is 2.47. The molecule has 1 saturated heterocycles. The minimum absolute atomic E-state index is 0.0129. The molecule has 0 unspecified atom stereocenters. The summed E-state index contributed by atoms with van der Waals surface area (Å²) < 4.78 is 96.8. The lowest BCUT2D eigenvalue weighted by Gasteiger charge is -2.30. The molecule has 20 heteroatoms. The zero-order valence-corrected chi connectivity index (χ0v) is 32.9. The van der Waals surface area contributed by atoms with E-state index in [2.05, 4.69) is 30.2 Å². The quantitative estimate of drug-likeness (QED) is 0.123. The smallest absolute Gasteiger partial charge is 0.472 e. The number of carbonyl (C=O) groups is 4. The summed E-state index contributed by atoms with van der Waals surface area (Å²) in [4.78, 5) is 61.8. The van der Waals surface area contributed by atoms with E-state index in [9.17, 15) is 45.2 Å². The van der Waals surface area contributed by atoms with Gasteiger partial charge in [-0.1, -0.05) is 36.2 Å². The lowest BCUT2D eigenvalue weighted by Crippen LogP contribution is -2.58. The van der Waals surface area contributed by atoms with Gasteiger partial charge in [0.25, 0.3) is 11.8 Å². The Morgan fingerprint density at radius 1 is 1.03 bits per heavy atom. The molecule has 60 heavy (non-hydrogen) atoms. The molecule has 2 aromatic heterocycles. The number of hydrogen-bond donors (Lipinski definition) is 3. The zero-order valence-electron chi connectivity index (χ0n) is 32.1. The van der Waals surface area contributed by atoms with Crippen LogP contribution in [0, 0.1) is 11.7 Å². The number of carbonyl (C=O) groups excluding carboxylic acids is 4. The van der Waals surface area contributed by atoms with E-state index in [1.165, 1.54) is 36.3 Å². The Morgan fingerprint density at radius 2 is 1.82 bits per heavy atom. The normalized spacial score (nSPS) is 26.2. The Bertz CT molecular complexity index is 2510. The number of rotatable bonds is 8. The van der Waals surface area contributed by atoms with E-state index in [0.29, 0.717) is 49.3 Å². The molecule has 15 nitrogen and oxygen atoms in total. The minimum Gasteiger partial charge on any atom is -0.472 e. The number of aromatic nitrogens is 2. The van der Waals surface area contributed by atoms with E-state index in [0.717, 1.165) is 24.3 Å². The van der Waals surface area contributed by atoms with Crippen LogP contribution in [0.4, 0.5) is 17.6 Å². The molecule has 0 spiro atoms. The molecule has 4 aromatic rings. The van der Waals surface area contributed by atoms with Crippen molar-refractivity contribution in [3.63, 3.8) is 0 Å². The van der Waals surface area contributed by atoms with Crippen molar-refractivity contribution in [2.24, 2.45) is 5.92 Å². The second-order valence-electron chi connectivity index (χ2n) is 15.9. The summed E-state index contributed by atoms with van der Waals surface area (Å²) in [6.45, 7) is 1.24. The number of ether oxygens (including phenoxy) is 2. The van der Waals surface area contributed by atoms with Crippen LogP contribution in [0.3, 0.4) is 0 Å². The summed E-state index contributed by atoms with van der Waals surface area (Å²) in [6.07, 6.45) is 2.01. The van der Waals surface area contributed by atoms with E-state index in [4.69, 9.17) is 9.26 Å². The van der Waals surface area contributed by atoms with Gasteiger partial charge in [0.15, 0.2) is 5.69 Å². The molecule has 2 aliphatic carbocycles. The molecule has 2 aromatic carbocycles. The first kappa shape index (κ1) is 41.0. The van der Waals surface area contributed by atoms with E-state index in [1.54, 1.807) is 6.08 Å². The van der Waals surface area contributed by atoms with Crippen LogP contribution in [0.15, 0.2) is 65.4 Å². The molecule has 2 aliphatic heterocycles. The van der Waals surface area contributed by atoms with Gasteiger partial charge in [-0.05, 0) is 75.1 Å². The van der Waals surface area contributed by atoms with Crippen LogP contribution < -0.4 is 24.8 Å². The van der Waals surface area contributed by atoms with Crippen LogP contribution in [0.25, 0.3) is 21.7 Å². The molecule has 0 bridgehead atoms. The van der Waals surface area contributed by atoms with Crippen molar-refractivity contribution in [1.82, 2.24) is 30.4 Å². The highest BCUT2D eigenvalue weighted by Gasteiger charge is 2.63. The monoisotopic (exact) mass is 856 g/mol. The lowest BCUT2D eigenvalue weighted by atomic mass is 10.0. The highest BCUT2D eigenvalue weighted by atomic mass is 32.2. The van der Waals surface area contributed by atoms with E-state index in [1.807, 2.05) is 6.08 Å². The van der Waals surface area contributed by atoms with E-state index in [-0.39, 0.29) is 48.3 Å². The average molecular weight is 857 g/mol. The number of sulfonamides is 1. The fourth-order valence-corrected chi connectivity index (χ4v) is 9.19. The maximum absolute atomic E-state index is 14.7. The molecular weight excluding hydrogens is 817 g/mol. The van der Waals surface area contributed by atoms with Gasteiger partial charge in [0.2, 0.25) is 27.7 Å². The molecule has 2 saturated carbocycles. The average Bonchev–Trinajstić information content (AvgIpc) is 3.93. The SMILES string of the molecule is CC1(S(=O)(=O)NC(=O)[C@@]23C[C@H]2/C=C\CCCCC[C@H](NC(=O)c2ccon2)C(=O)N2C[C@H](Oc4nc5cc(OC(F)(F)F)ccc5c5ccc(F)cc45)C[C@H]2C(=O)N3)CC1. The molecule has 3 fully saturated rings. The second-order valence-corrected chi connectivity index (χ2v) is 18.1. The summed E-state index contributed by atoms with van der Waals surface area (Å²) in [5, 5.41) is 10.0.